The Labute approximate surface area is 277 Å². The van der Waals surface area contributed by atoms with Crippen LogP contribution in [0.25, 0.3) is 5.57 Å². The van der Waals surface area contributed by atoms with Crippen molar-refractivity contribution < 1.29 is 64.6 Å². The minimum atomic E-state index is -1.70. The number of Topliss-reactive ketones (excluding diaryl/α,β-unsaturated/α-hetero) is 1. The van der Waals surface area contributed by atoms with Gasteiger partial charge in [0.15, 0.2) is 5.76 Å². The lowest BCUT2D eigenvalue weighted by molar-refractivity contribution is -0.281. The molecular weight excluding hydrogens is 628 g/mol. The minimum Gasteiger partial charge on any atom is -0.507 e. The van der Waals surface area contributed by atoms with E-state index in [-0.39, 0.29) is 36.3 Å². The Balaban J connectivity index is 1.63. The third kappa shape index (κ3) is 6.82. The van der Waals surface area contributed by atoms with Gasteiger partial charge >= 0.3 is 0 Å². The van der Waals surface area contributed by atoms with Crippen molar-refractivity contribution >= 4 is 11.4 Å². The molecule has 13 nitrogen and oxygen atoms in total. The Morgan fingerprint density at radius 3 is 2.23 bits per heavy atom. The molecule has 1 heterocycles. The Bertz CT molecular complexity index is 1540. The Morgan fingerprint density at radius 1 is 0.938 bits per heavy atom. The number of benzene rings is 2. The number of carbonyl (C=O) groups is 1. The van der Waals surface area contributed by atoms with Crippen LogP contribution in [0.3, 0.4) is 0 Å². The van der Waals surface area contributed by atoms with Crippen LogP contribution in [0.4, 0.5) is 0 Å². The second kappa shape index (κ2) is 14.5. The molecule has 2 aromatic carbocycles. The summed E-state index contributed by atoms with van der Waals surface area (Å²) in [5, 5.41) is 84.0. The standard InChI is InChI=1S/C35H44O13/c1-15(2)5-10-20-22-12-21(17-6-8-19(45-4)9-7-17)34(48-35-33(44)31(42)27(38)16(3)46-35)30(41)26(22)23(37)13-24(20)47-25-11-18(14-36)28(39)32(43)29(25)40/h5-9,13,16,18,25,27-29,31-33,35-40,42-44H,10-12,14H2,1-4H3/t16-,18+,25+,27-,28+,29-,31+,32-,33+,35?/m0/s1. The number of phenolic OH excluding ortho intramolecular Hbond substituents is 1. The van der Waals surface area contributed by atoms with Crippen molar-refractivity contribution in [1.29, 1.82) is 0 Å². The van der Waals surface area contributed by atoms with Gasteiger partial charge in [-0.15, -0.1) is 0 Å². The lowest BCUT2D eigenvalue weighted by atomic mass is 9.80. The minimum absolute atomic E-state index is 0.00638. The van der Waals surface area contributed by atoms with E-state index < -0.39 is 79.2 Å². The zero-order valence-electron chi connectivity index (χ0n) is 27.2. The summed E-state index contributed by atoms with van der Waals surface area (Å²) in [6.07, 6.45) is -10.5. The molecule has 1 aliphatic heterocycles. The fourth-order valence-electron chi connectivity index (χ4n) is 6.45. The Kier molecular flexibility index (Phi) is 10.8. The molecule has 0 radical (unpaired) electrons. The molecule has 10 atom stereocenters. The maximum atomic E-state index is 14.4. The largest absolute Gasteiger partial charge is 0.507 e. The van der Waals surface area contributed by atoms with Gasteiger partial charge in [0.05, 0.1) is 24.9 Å². The highest BCUT2D eigenvalue weighted by Crippen LogP contribution is 2.44. The third-order valence-corrected chi connectivity index (χ3v) is 9.36. The molecule has 48 heavy (non-hydrogen) atoms. The van der Waals surface area contributed by atoms with Gasteiger partial charge < -0.3 is 59.8 Å². The first-order chi connectivity index (χ1) is 22.8. The van der Waals surface area contributed by atoms with E-state index >= 15 is 0 Å². The SMILES string of the molecule is COc1ccc(C2=C(OC3O[C@@H](C)[C@H](O)[C@@H](O)[C@H]3O)C(=O)c3c(O)cc(O[C@@H]4C[C@H](CO)[C@@H](O)[C@H](O)[C@H]4O)c(CC=C(C)C)c3C2)cc1. The fourth-order valence-corrected chi connectivity index (χ4v) is 6.45. The summed E-state index contributed by atoms with van der Waals surface area (Å²) in [4.78, 5) is 14.4. The lowest BCUT2D eigenvalue weighted by Crippen LogP contribution is -2.57. The number of allylic oxidation sites excluding steroid dienone is 4. The smallest absolute Gasteiger partial charge is 0.232 e. The van der Waals surface area contributed by atoms with Gasteiger partial charge in [0.1, 0.15) is 53.9 Å². The highest BCUT2D eigenvalue weighted by Gasteiger charge is 2.46. The van der Waals surface area contributed by atoms with Crippen LogP contribution in [0.1, 0.15) is 54.2 Å². The first kappa shape index (κ1) is 35.8. The lowest BCUT2D eigenvalue weighted by Gasteiger charge is -2.40. The van der Waals surface area contributed by atoms with E-state index in [1.54, 1.807) is 24.3 Å². The van der Waals surface area contributed by atoms with Crippen molar-refractivity contribution in [3.8, 4) is 17.2 Å². The van der Waals surface area contributed by atoms with E-state index in [0.29, 0.717) is 28.0 Å². The Hall–Kier alpha value is -3.53. The molecule has 1 saturated carbocycles. The van der Waals surface area contributed by atoms with Crippen molar-refractivity contribution in [3.05, 3.63) is 70.0 Å². The summed E-state index contributed by atoms with van der Waals surface area (Å²) in [5.74, 6) is -1.51. The summed E-state index contributed by atoms with van der Waals surface area (Å²) in [6, 6.07) is 8.05. The quantitative estimate of drug-likeness (QED) is 0.173. The van der Waals surface area contributed by atoms with Gasteiger partial charge in [-0.2, -0.15) is 0 Å². The van der Waals surface area contributed by atoms with E-state index in [2.05, 4.69) is 0 Å². The number of methoxy groups -OCH3 is 1. The van der Waals surface area contributed by atoms with Crippen molar-refractivity contribution in [2.24, 2.45) is 5.92 Å². The average Bonchev–Trinajstić information content (AvgIpc) is 3.06. The maximum Gasteiger partial charge on any atom is 0.232 e. The van der Waals surface area contributed by atoms with Crippen LogP contribution in [0.15, 0.2) is 47.7 Å². The van der Waals surface area contributed by atoms with Gasteiger partial charge in [0.2, 0.25) is 12.1 Å². The number of ether oxygens (including phenoxy) is 4. The summed E-state index contributed by atoms with van der Waals surface area (Å²) in [5.41, 5.74) is 2.70. The van der Waals surface area contributed by atoms with Crippen LogP contribution >= 0.6 is 0 Å². The molecule has 3 aliphatic rings. The van der Waals surface area contributed by atoms with Crippen LogP contribution in [0.2, 0.25) is 0 Å². The van der Waals surface area contributed by atoms with E-state index in [4.69, 9.17) is 18.9 Å². The first-order valence-corrected chi connectivity index (χ1v) is 15.9. The molecule has 2 aromatic rings. The van der Waals surface area contributed by atoms with Crippen LogP contribution in [-0.2, 0) is 22.3 Å². The van der Waals surface area contributed by atoms with Gasteiger partial charge in [0, 0.05) is 36.1 Å². The van der Waals surface area contributed by atoms with Crippen molar-refractivity contribution in [2.75, 3.05) is 13.7 Å². The zero-order chi connectivity index (χ0) is 35.0. The van der Waals surface area contributed by atoms with Gasteiger partial charge in [-0.1, -0.05) is 23.8 Å². The second-order valence-electron chi connectivity index (χ2n) is 12.9. The number of fused-ring (bicyclic) bond motifs is 1. The number of aromatic hydroxyl groups is 1. The van der Waals surface area contributed by atoms with Crippen LogP contribution in [-0.4, -0.2) is 115 Å². The molecule has 8 N–H and O–H groups in total. The van der Waals surface area contributed by atoms with Crippen molar-refractivity contribution in [2.45, 2.75) is 95.2 Å². The van der Waals surface area contributed by atoms with E-state index in [1.165, 1.54) is 20.1 Å². The normalized spacial score (nSPS) is 32.0. The molecule has 0 amide bonds. The molecule has 262 valence electrons. The zero-order valence-corrected chi connectivity index (χ0v) is 27.2. The molecule has 0 aromatic heterocycles. The predicted octanol–water partition coefficient (Wildman–Crippen LogP) is 0.746. The summed E-state index contributed by atoms with van der Waals surface area (Å²) in [7, 11) is 1.51. The summed E-state index contributed by atoms with van der Waals surface area (Å²) in [6.45, 7) is 4.82. The summed E-state index contributed by atoms with van der Waals surface area (Å²) < 4.78 is 23.2. The highest BCUT2D eigenvalue weighted by atomic mass is 16.7. The monoisotopic (exact) mass is 672 g/mol. The molecule has 13 heteroatoms. The molecule has 0 spiro atoms. The van der Waals surface area contributed by atoms with Crippen molar-refractivity contribution in [3.63, 3.8) is 0 Å². The number of carbonyl (C=O) groups excluding carboxylic acids is 1. The average molecular weight is 673 g/mol. The Morgan fingerprint density at radius 2 is 1.60 bits per heavy atom. The molecule has 0 bridgehead atoms. The van der Waals surface area contributed by atoms with Crippen LogP contribution < -0.4 is 9.47 Å². The van der Waals surface area contributed by atoms with Crippen LogP contribution in [0, 0.1) is 5.92 Å². The van der Waals surface area contributed by atoms with Gasteiger partial charge in [0.25, 0.3) is 0 Å². The summed E-state index contributed by atoms with van der Waals surface area (Å²) >= 11 is 0. The molecular formula is C35H44O13. The molecule has 5 rings (SSSR count). The number of rotatable bonds is 9. The number of ketones is 1. The molecule has 2 aliphatic carbocycles. The van der Waals surface area contributed by atoms with Gasteiger partial charge in [-0.05, 0) is 56.9 Å². The topological polar surface area (TPSA) is 216 Å². The third-order valence-electron chi connectivity index (χ3n) is 9.36. The fraction of sp³-hybridized carbons (Fsp3) is 0.514. The predicted molar refractivity (Wildman–Crippen MR) is 170 cm³/mol. The van der Waals surface area contributed by atoms with Gasteiger partial charge in [-0.25, -0.2) is 0 Å². The first-order valence-electron chi connectivity index (χ1n) is 15.9. The number of hydrogen-bond donors (Lipinski definition) is 8. The van der Waals surface area contributed by atoms with E-state index in [1.807, 2.05) is 19.9 Å². The maximum absolute atomic E-state index is 14.4. The molecule has 1 saturated heterocycles. The van der Waals surface area contributed by atoms with Gasteiger partial charge in [-0.3, -0.25) is 4.79 Å². The number of aliphatic hydroxyl groups is 7. The van der Waals surface area contributed by atoms with Crippen LogP contribution in [0.5, 0.6) is 17.2 Å². The van der Waals surface area contributed by atoms with E-state index in [0.717, 1.165) is 5.57 Å². The number of phenols is 1. The van der Waals surface area contributed by atoms with E-state index in [9.17, 15) is 45.6 Å². The second-order valence-corrected chi connectivity index (χ2v) is 12.9. The number of hydrogen-bond acceptors (Lipinski definition) is 13. The highest BCUT2D eigenvalue weighted by molar-refractivity contribution is 6.16. The van der Waals surface area contributed by atoms with Crippen molar-refractivity contribution in [1.82, 2.24) is 0 Å². The number of aliphatic hydroxyl groups excluding tert-OH is 7. The molecule has 2 fully saturated rings. The molecule has 1 unspecified atom stereocenters.